The van der Waals surface area contributed by atoms with Crippen LogP contribution in [-0.2, 0) is 10.1 Å². The van der Waals surface area contributed by atoms with E-state index in [9.17, 15) is 13.0 Å². The highest BCUT2D eigenvalue weighted by Gasteiger charge is 2.40. The second-order valence-electron chi connectivity index (χ2n) is 8.31. The fraction of sp³-hybridized carbons (Fsp3) is 0.280. The molecule has 3 aromatic carbocycles. The standard InChI is InChI=1S/C25H28N2O3S/c1-17-14-18(2)25(19(3)15-17)26-16-23(21-10-6-5-7-11-21)27(20(26)4)22-12-8-9-13-24(22)31(28,29)30/h5-15,20,23H,16H2,1-4H3,(H,28,29,30)/t20?,23-/m1/s1. The molecule has 1 aliphatic heterocycles. The molecule has 0 spiro atoms. The van der Waals surface area contributed by atoms with Crippen LogP contribution in [0.15, 0.2) is 71.6 Å². The second kappa shape index (κ2) is 8.02. The van der Waals surface area contributed by atoms with Gasteiger partial charge in [-0.25, -0.2) is 0 Å². The van der Waals surface area contributed by atoms with Crippen LogP contribution in [0.3, 0.4) is 0 Å². The van der Waals surface area contributed by atoms with Crippen molar-refractivity contribution >= 4 is 21.5 Å². The molecule has 31 heavy (non-hydrogen) atoms. The minimum Gasteiger partial charge on any atom is -0.349 e. The van der Waals surface area contributed by atoms with Crippen LogP contribution in [-0.4, -0.2) is 25.7 Å². The predicted octanol–water partition coefficient (Wildman–Crippen LogP) is 5.27. The first-order chi connectivity index (χ1) is 14.7. The summed E-state index contributed by atoms with van der Waals surface area (Å²) in [6.45, 7) is 9.12. The molecule has 6 heteroatoms. The highest BCUT2D eigenvalue weighted by molar-refractivity contribution is 7.86. The minimum absolute atomic E-state index is 0.0676. The molecule has 0 radical (unpaired) electrons. The Bertz CT molecular complexity index is 1190. The van der Waals surface area contributed by atoms with Crippen molar-refractivity contribution in [3.8, 4) is 0 Å². The maximum Gasteiger partial charge on any atom is 0.296 e. The zero-order valence-corrected chi connectivity index (χ0v) is 19.1. The van der Waals surface area contributed by atoms with Gasteiger partial charge in [0.15, 0.2) is 0 Å². The Morgan fingerprint density at radius 1 is 0.903 bits per heavy atom. The lowest BCUT2D eigenvalue weighted by molar-refractivity contribution is 0.482. The van der Waals surface area contributed by atoms with E-state index in [0.717, 1.165) is 5.56 Å². The lowest BCUT2D eigenvalue weighted by atomic mass is 10.0. The molecule has 3 aromatic rings. The SMILES string of the molecule is Cc1cc(C)c(N2C[C@H](c3ccccc3)N(c3ccccc3S(=O)(=O)O)C2C)c(C)c1. The Labute approximate surface area is 184 Å². The average Bonchev–Trinajstić information content (AvgIpc) is 3.04. The van der Waals surface area contributed by atoms with E-state index in [1.807, 2.05) is 24.3 Å². The van der Waals surface area contributed by atoms with E-state index >= 15 is 0 Å². The highest BCUT2D eigenvalue weighted by Crippen LogP contribution is 2.43. The largest absolute Gasteiger partial charge is 0.349 e. The molecular formula is C25H28N2O3S. The Morgan fingerprint density at radius 3 is 2.10 bits per heavy atom. The van der Waals surface area contributed by atoms with Gasteiger partial charge in [0.1, 0.15) is 4.90 Å². The Morgan fingerprint density at radius 2 is 1.48 bits per heavy atom. The third-order valence-corrected chi connectivity index (χ3v) is 6.99. The Hall–Kier alpha value is -2.83. The van der Waals surface area contributed by atoms with Crippen molar-refractivity contribution in [1.29, 1.82) is 0 Å². The highest BCUT2D eigenvalue weighted by atomic mass is 32.2. The first-order valence-corrected chi connectivity index (χ1v) is 11.9. The van der Waals surface area contributed by atoms with E-state index < -0.39 is 10.1 Å². The van der Waals surface area contributed by atoms with E-state index in [1.165, 1.54) is 28.4 Å². The fourth-order valence-corrected chi connectivity index (χ4v) is 5.63. The number of nitrogens with zero attached hydrogens (tertiary/aromatic N) is 2. The van der Waals surface area contributed by atoms with Crippen LogP contribution >= 0.6 is 0 Å². The average molecular weight is 437 g/mol. The lowest BCUT2D eigenvalue weighted by Crippen LogP contribution is -2.38. The number of rotatable bonds is 4. The molecule has 0 bridgehead atoms. The summed E-state index contributed by atoms with van der Waals surface area (Å²) in [4.78, 5) is 4.38. The molecule has 1 saturated heterocycles. The molecule has 1 N–H and O–H groups in total. The van der Waals surface area contributed by atoms with Gasteiger partial charge in [-0.2, -0.15) is 8.42 Å². The molecule has 0 aliphatic carbocycles. The molecule has 1 heterocycles. The van der Waals surface area contributed by atoms with Gasteiger partial charge in [-0.1, -0.05) is 60.2 Å². The van der Waals surface area contributed by atoms with Gasteiger partial charge >= 0.3 is 0 Å². The quantitative estimate of drug-likeness (QED) is 0.565. The molecule has 1 aliphatic rings. The topological polar surface area (TPSA) is 60.9 Å². The molecule has 4 rings (SSSR count). The Balaban J connectivity index is 1.90. The molecule has 0 amide bonds. The van der Waals surface area contributed by atoms with Crippen molar-refractivity contribution in [1.82, 2.24) is 0 Å². The van der Waals surface area contributed by atoms with E-state index in [1.54, 1.807) is 12.1 Å². The van der Waals surface area contributed by atoms with Gasteiger partial charge in [0, 0.05) is 12.2 Å². The molecule has 1 unspecified atom stereocenters. The second-order valence-corrected chi connectivity index (χ2v) is 9.70. The molecule has 162 valence electrons. The van der Waals surface area contributed by atoms with Crippen LogP contribution in [0, 0.1) is 20.8 Å². The van der Waals surface area contributed by atoms with E-state index in [-0.39, 0.29) is 17.1 Å². The molecule has 1 fully saturated rings. The third kappa shape index (κ3) is 3.93. The zero-order chi connectivity index (χ0) is 22.3. The van der Waals surface area contributed by atoms with Crippen LogP contribution in [0.5, 0.6) is 0 Å². The smallest absolute Gasteiger partial charge is 0.296 e. The predicted molar refractivity (Wildman–Crippen MR) is 125 cm³/mol. The number of benzene rings is 3. The maximum atomic E-state index is 12.2. The lowest BCUT2D eigenvalue weighted by Gasteiger charge is -2.34. The van der Waals surface area contributed by atoms with Gasteiger partial charge in [0.05, 0.1) is 17.9 Å². The number of aryl methyl sites for hydroxylation is 3. The van der Waals surface area contributed by atoms with Crippen molar-refractivity contribution in [2.75, 3.05) is 16.3 Å². The first-order valence-electron chi connectivity index (χ1n) is 10.4. The maximum absolute atomic E-state index is 12.2. The van der Waals surface area contributed by atoms with Crippen LogP contribution in [0.25, 0.3) is 0 Å². The van der Waals surface area contributed by atoms with Crippen molar-refractivity contribution in [2.45, 2.75) is 44.8 Å². The van der Waals surface area contributed by atoms with Crippen molar-refractivity contribution in [3.63, 3.8) is 0 Å². The summed E-state index contributed by atoms with van der Waals surface area (Å²) in [7, 11) is -4.36. The summed E-state index contributed by atoms with van der Waals surface area (Å²) in [6.07, 6.45) is -0.117. The summed E-state index contributed by atoms with van der Waals surface area (Å²) in [5.74, 6) is 0. The molecule has 5 nitrogen and oxygen atoms in total. The summed E-state index contributed by atoms with van der Waals surface area (Å²) in [5.41, 5.74) is 6.40. The summed E-state index contributed by atoms with van der Waals surface area (Å²) in [6, 6.07) is 21.1. The molecule has 0 saturated carbocycles. The number of para-hydroxylation sites is 1. The summed E-state index contributed by atoms with van der Waals surface area (Å²) in [5, 5.41) is 0. The van der Waals surface area contributed by atoms with E-state index in [0.29, 0.717) is 12.2 Å². The fourth-order valence-electron chi connectivity index (χ4n) is 4.94. The van der Waals surface area contributed by atoms with Gasteiger partial charge in [0.2, 0.25) is 0 Å². The van der Waals surface area contributed by atoms with E-state index in [4.69, 9.17) is 0 Å². The summed E-state index contributed by atoms with van der Waals surface area (Å²) < 4.78 is 34.3. The minimum atomic E-state index is -4.36. The van der Waals surface area contributed by atoms with E-state index in [2.05, 4.69) is 61.8 Å². The van der Waals surface area contributed by atoms with Gasteiger partial charge in [-0.3, -0.25) is 4.55 Å². The third-order valence-electron chi connectivity index (χ3n) is 6.09. The first kappa shape index (κ1) is 21.4. The van der Waals surface area contributed by atoms with Gasteiger partial charge in [-0.05, 0) is 56.5 Å². The van der Waals surface area contributed by atoms with Crippen molar-refractivity contribution < 1.29 is 13.0 Å². The zero-order valence-electron chi connectivity index (χ0n) is 18.3. The van der Waals surface area contributed by atoms with Crippen molar-refractivity contribution in [2.24, 2.45) is 0 Å². The van der Waals surface area contributed by atoms with Crippen LogP contribution in [0.4, 0.5) is 11.4 Å². The van der Waals surface area contributed by atoms with Crippen LogP contribution < -0.4 is 9.80 Å². The summed E-state index contributed by atoms with van der Waals surface area (Å²) >= 11 is 0. The van der Waals surface area contributed by atoms with Gasteiger partial charge < -0.3 is 9.80 Å². The monoisotopic (exact) mass is 436 g/mol. The normalized spacial score (nSPS) is 19.1. The van der Waals surface area contributed by atoms with Crippen LogP contribution in [0.1, 0.15) is 35.2 Å². The molecule has 2 atom stereocenters. The van der Waals surface area contributed by atoms with Gasteiger partial charge in [0.25, 0.3) is 10.1 Å². The number of anilines is 2. The van der Waals surface area contributed by atoms with Crippen molar-refractivity contribution in [3.05, 3.63) is 89.0 Å². The molecular weight excluding hydrogens is 408 g/mol. The number of hydrogen-bond acceptors (Lipinski definition) is 4. The van der Waals surface area contributed by atoms with Gasteiger partial charge in [-0.15, -0.1) is 0 Å². The number of hydrogen-bond donors (Lipinski definition) is 1. The molecule has 0 aromatic heterocycles. The van der Waals surface area contributed by atoms with Crippen LogP contribution in [0.2, 0.25) is 0 Å². The Kier molecular flexibility index (Phi) is 5.54.